The lowest BCUT2D eigenvalue weighted by molar-refractivity contribution is -0.203. The molecule has 6 unspecified atom stereocenters. The minimum atomic E-state index is -0.683. The summed E-state index contributed by atoms with van der Waals surface area (Å²) in [5, 5.41) is 31.3. The maximum atomic E-state index is 11.7. The van der Waals surface area contributed by atoms with Crippen LogP contribution in [-0.4, -0.2) is 33.5 Å². The van der Waals surface area contributed by atoms with Crippen LogP contribution in [0.5, 0.6) is 0 Å². The first-order valence-electron chi connectivity index (χ1n) is 12.7. The number of hydrogen-bond acceptors (Lipinski definition) is 3. The van der Waals surface area contributed by atoms with Gasteiger partial charge in [0.05, 0.1) is 12.2 Å². The summed E-state index contributed by atoms with van der Waals surface area (Å²) < 4.78 is 0. The van der Waals surface area contributed by atoms with E-state index in [0.717, 1.165) is 32.1 Å². The van der Waals surface area contributed by atoms with Crippen molar-refractivity contribution in [3.05, 3.63) is 0 Å². The SMILES string of the molecule is CC[C@H]1C2C[C@H](O)CCC2(C)C2CCC3(C)C(CC[C@@H]3[C@H](C)CCC(=O)O)C2[C@@H]1O. The van der Waals surface area contributed by atoms with Gasteiger partial charge in [-0.3, -0.25) is 4.79 Å². The summed E-state index contributed by atoms with van der Waals surface area (Å²) in [6.45, 7) is 9.44. The Balaban J connectivity index is 1.61. The summed E-state index contributed by atoms with van der Waals surface area (Å²) in [4.78, 5) is 11.1. The number of aliphatic carboxylic acids is 1. The Bertz CT molecular complexity index is 649. The minimum absolute atomic E-state index is 0.194. The van der Waals surface area contributed by atoms with Gasteiger partial charge in [-0.25, -0.2) is 0 Å². The summed E-state index contributed by atoms with van der Waals surface area (Å²) in [7, 11) is 0. The molecule has 4 nitrogen and oxygen atoms in total. The maximum absolute atomic E-state index is 11.7. The van der Waals surface area contributed by atoms with Crippen molar-refractivity contribution in [1.29, 1.82) is 0 Å². The molecule has 4 rings (SSSR count). The Morgan fingerprint density at radius 2 is 1.67 bits per heavy atom. The Morgan fingerprint density at radius 3 is 2.33 bits per heavy atom. The van der Waals surface area contributed by atoms with Crippen LogP contribution in [0, 0.1) is 52.3 Å². The van der Waals surface area contributed by atoms with Crippen LogP contribution >= 0.6 is 0 Å². The van der Waals surface area contributed by atoms with E-state index in [4.69, 9.17) is 5.11 Å². The van der Waals surface area contributed by atoms with Crippen molar-refractivity contribution in [1.82, 2.24) is 0 Å². The fourth-order valence-corrected chi connectivity index (χ4v) is 9.48. The van der Waals surface area contributed by atoms with E-state index in [1.807, 2.05) is 0 Å². The average Bonchev–Trinajstić information content (AvgIpc) is 3.05. The molecule has 0 aliphatic heterocycles. The summed E-state index contributed by atoms with van der Waals surface area (Å²) in [5.74, 6) is 2.58. The fourth-order valence-electron chi connectivity index (χ4n) is 9.48. The molecule has 0 saturated heterocycles. The molecule has 11 atom stereocenters. The number of fused-ring (bicyclic) bond motifs is 5. The highest BCUT2D eigenvalue weighted by Gasteiger charge is 2.64. The molecule has 4 aliphatic carbocycles. The number of carbonyl (C=O) groups is 1. The topological polar surface area (TPSA) is 77.8 Å². The van der Waals surface area contributed by atoms with Crippen molar-refractivity contribution >= 4 is 5.97 Å². The van der Waals surface area contributed by atoms with Gasteiger partial charge in [-0.2, -0.15) is 0 Å². The predicted octanol–water partition coefficient (Wildman–Crippen LogP) is 5.11. The molecule has 3 N–H and O–H groups in total. The number of carboxylic acids is 1. The number of hydrogen-bond donors (Lipinski definition) is 3. The van der Waals surface area contributed by atoms with Crippen molar-refractivity contribution in [3.8, 4) is 0 Å². The van der Waals surface area contributed by atoms with Crippen LogP contribution in [0.3, 0.4) is 0 Å². The van der Waals surface area contributed by atoms with Gasteiger partial charge in [0.2, 0.25) is 0 Å². The molecule has 0 heterocycles. The highest BCUT2D eigenvalue weighted by molar-refractivity contribution is 5.66. The quantitative estimate of drug-likeness (QED) is 0.577. The first-order valence-corrected chi connectivity index (χ1v) is 12.7. The minimum Gasteiger partial charge on any atom is -0.481 e. The van der Waals surface area contributed by atoms with E-state index in [2.05, 4.69) is 27.7 Å². The summed E-state index contributed by atoms with van der Waals surface area (Å²) in [5.41, 5.74) is 0.480. The highest BCUT2D eigenvalue weighted by Crippen LogP contribution is 2.69. The van der Waals surface area contributed by atoms with Gasteiger partial charge < -0.3 is 15.3 Å². The van der Waals surface area contributed by atoms with Crippen molar-refractivity contribution < 1.29 is 20.1 Å². The molecule has 0 aromatic rings. The van der Waals surface area contributed by atoms with Crippen LogP contribution in [0.25, 0.3) is 0 Å². The molecular formula is C26H44O4. The van der Waals surface area contributed by atoms with Crippen molar-refractivity contribution in [2.45, 2.75) is 104 Å². The van der Waals surface area contributed by atoms with E-state index in [-0.39, 0.29) is 29.5 Å². The maximum Gasteiger partial charge on any atom is 0.303 e. The molecule has 0 aromatic carbocycles. The largest absolute Gasteiger partial charge is 0.481 e. The summed E-state index contributed by atoms with van der Waals surface area (Å²) in [6.07, 6.45) is 9.27. The second kappa shape index (κ2) is 8.06. The van der Waals surface area contributed by atoms with Gasteiger partial charge in [0.25, 0.3) is 0 Å². The van der Waals surface area contributed by atoms with Crippen molar-refractivity contribution in [3.63, 3.8) is 0 Å². The molecular weight excluding hydrogens is 376 g/mol. The van der Waals surface area contributed by atoms with Gasteiger partial charge in [0, 0.05) is 6.42 Å². The zero-order valence-electron chi connectivity index (χ0n) is 19.5. The normalized spacial score (nSPS) is 51.5. The van der Waals surface area contributed by atoms with Crippen LogP contribution in [0.4, 0.5) is 0 Å². The molecule has 30 heavy (non-hydrogen) atoms. The van der Waals surface area contributed by atoms with E-state index in [1.54, 1.807) is 0 Å². The Kier molecular flexibility index (Phi) is 6.07. The number of aliphatic hydroxyl groups is 2. The molecule has 4 fully saturated rings. The summed E-state index contributed by atoms with van der Waals surface area (Å²) in [6, 6.07) is 0. The molecule has 4 heteroatoms. The Labute approximate surface area is 182 Å². The smallest absolute Gasteiger partial charge is 0.303 e. The van der Waals surface area contributed by atoms with Gasteiger partial charge in [0.1, 0.15) is 0 Å². The van der Waals surface area contributed by atoms with Crippen LogP contribution in [0.15, 0.2) is 0 Å². The third-order valence-electron chi connectivity index (χ3n) is 11.0. The number of carboxylic acid groups (broad SMARTS) is 1. The van der Waals surface area contributed by atoms with Gasteiger partial charge in [-0.1, -0.05) is 34.1 Å². The van der Waals surface area contributed by atoms with Gasteiger partial charge in [-0.05, 0) is 104 Å². The van der Waals surface area contributed by atoms with Crippen molar-refractivity contribution in [2.75, 3.05) is 0 Å². The molecule has 0 radical (unpaired) electrons. The molecule has 4 aliphatic rings. The highest BCUT2D eigenvalue weighted by atomic mass is 16.4. The zero-order chi connectivity index (χ0) is 21.8. The number of aliphatic hydroxyl groups excluding tert-OH is 2. The molecule has 0 aromatic heterocycles. The van der Waals surface area contributed by atoms with E-state index in [0.29, 0.717) is 41.4 Å². The lowest BCUT2D eigenvalue weighted by Crippen LogP contribution is -2.62. The lowest BCUT2D eigenvalue weighted by atomic mass is 9.41. The monoisotopic (exact) mass is 420 g/mol. The second-order valence-electron chi connectivity index (χ2n) is 12.0. The van der Waals surface area contributed by atoms with Crippen LogP contribution < -0.4 is 0 Å². The third kappa shape index (κ3) is 3.36. The first kappa shape index (κ1) is 22.6. The van der Waals surface area contributed by atoms with Gasteiger partial charge in [-0.15, -0.1) is 0 Å². The van der Waals surface area contributed by atoms with E-state index in [9.17, 15) is 15.0 Å². The fraction of sp³-hybridized carbons (Fsp3) is 0.962. The predicted molar refractivity (Wildman–Crippen MR) is 118 cm³/mol. The van der Waals surface area contributed by atoms with Gasteiger partial charge in [0.15, 0.2) is 0 Å². The van der Waals surface area contributed by atoms with Crippen LogP contribution in [0.1, 0.15) is 91.9 Å². The molecule has 0 bridgehead atoms. The number of rotatable bonds is 5. The van der Waals surface area contributed by atoms with E-state index < -0.39 is 5.97 Å². The van der Waals surface area contributed by atoms with E-state index >= 15 is 0 Å². The molecule has 172 valence electrons. The Morgan fingerprint density at radius 1 is 1.00 bits per heavy atom. The second-order valence-corrected chi connectivity index (χ2v) is 12.0. The standard InChI is InChI=1S/C26H44O4/c1-5-17-21-14-16(27)10-12-26(21,4)20-11-13-25(3)18(15(2)6-9-22(28)29)7-8-19(25)23(20)24(17)30/h15-21,23-24,27,30H,5-14H2,1-4H3,(H,28,29)/t15-,16-,17+,18-,19?,20?,21?,23?,24-,25?,26?/m1/s1. The third-order valence-corrected chi connectivity index (χ3v) is 11.0. The lowest BCUT2D eigenvalue weighted by Gasteiger charge is -2.64. The van der Waals surface area contributed by atoms with Gasteiger partial charge >= 0.3 is 5.97 Å². The van der Waals surface area contributed by atoms with Crippen molar-refractivity contribution in [2.24, 2.45) is 52.3 Å². The first-order chi connectivity index (χ1) is 14.1. The molecule has 4 saturated carbocycles. The average molecular weight is 421 g/mol. The molecule has 0 spiro atoms. The van der Waals surface area contributed by atoms with E-state index in [1.165, 1.54) is 25.7 Å². The Hall–Kier alpha value is -0.610. The summed E-state index contributed by atoms with van der Waals surface area (Å²) >= 11 is 0. The molecule has 0 amide bonds. The zero-order valence-corrected chi connectivity index (χ0v) is 19.5. The van der Waals surface area contributed by atoms with Crippen LogP contribution in [-0.2, 0) is 4.79 Å². The van der Waals surface area contributed by atoms with Crippen LogP contribution in [0.2, 0.25) is 0 Å².